The molecule has 1 atom stereocenters. The maximum atomic E-state index is 7.13. The summed E-state index contributed by atoms with van der Waals surface area (Å²) in [7, 11) is 0. The number of fused-ring (bicyclic) bond motifs is 6. The van der Waals surface area contributed by atoms with E-state index >= 15 is 0 Å². The lowest BCUT2D eigenvalue weighted by molar-refractivity contribution is 0.673. The van der Waals surface area contributed by atoms with E-state index in [1.165, 1.54) is 32.9 Å². The van der Waals surface area contributed by atoms with Gasteiger partial charge in [0.05, 0.1) is 11.7 Å². The van der Waals surface area contributed by atoms with Gasteiger partial charge in [-0.15, -0.1) is 5.73 Å². The van der Waals surface area contributed by atoms with Crippen molar-refractivity contribution >= 4 is 55.9 Å². The van der Waals surface area contributed by atoms with Crippen LogP contribution in [0.15, 0.2) is 192 Å². The molecule has 0 saturated carbocycles. The molecule has 0 saturated heterocycles. The van der Waals surface area contributed by atoms with Crippen LogP contribution in [0.2, 0.25) is 0 Å². The highest BCUT2D eigenvalue weighted by Gasteiger charge is 2.26. The van der Waals surface area contributed by atoms with Crippen molar-refractivity contribution in [1.82, 2.24) is 0 Å². The third kappa shape index (κ3) is 5.05. The van der Waals surface area contributed by atoms with Crippen LogP contribution in [0.4, 0.5) is 11.4 Å². The van der Waals surface area contributed by atoms with E-state index in [-0.39, 0.29) is 6.04 Å². The van der Waals surface area contributed by atoms with Gasteiger partial charge < -0.3 is 9.32 Å². The second kappa shape index (κ2) is 12.5. The highest BCUT2D eigenvalue weighted by atomic mass is 16.3. The molecule has 2 nitrogen and oxygen atoms in total. The fourth-order valence-electron chi connectivity index (χ4n) is 7.84. The van der Waals surface area contributed by atoms with Gasteiger partial charge in [-0.3, -0.25) is 0 Å². The van der Waals surface area contributed by atoms with Gasteiger partial charge in [0, 0.05) is 32.6 Å². The largest absolute Gasteiger partial charge is 0.455 e. The molecule has 0 bridgehead atoms. The Morgan fingerprint density at radius 3 is 1.81 bits per heavy atom. The highest BCUT2D eigenvalue weighted by Crippen LogP contribution is 2.47. The van der Waals surface area contributed by atoms with Gasteiger partial charge in [-0.2, -0.15) is 0 Å². The molecule has 1 unspecified atom stereocenters. The van der Waals surface area contributed by atoms with E-state index in [1.807, 2.05) is 0 Å². The predicted molar refractivity (Wildman–Crippen MR) is 218 cm³/mol. The molecule has 1 aromatic heterocycles. The molecule has 0 radical (unpaired) electrons. The Hall–Kier alpha value is -6.86. The summed E-state index contributed by atoms with van der Waals surface area (Å²) in [6.45, 7) is 0. The third-order valence-electron chi connectivity index (χ3n) is 10.3. The Morgan fingerprint density at radius 2 is 1.06 bits per heavy atom. The summed E-state index contributed by atoms with van der Waals surface area (Å²) in [5, 5.41) is 6.78. The van der Waals surface area contributed by atoms with Crippen molar-refractivity contribution in [2.75, 3.05) is 4.90 Å². The van der Waals surface area contributed by atoms with Crippen LogP contribution in [-0.2, 0) is 0 Å². The molecule has 1 aliphatic rings. The van der Waals surface area contributed by atoms with Crippen molar-refractivity contribution in [2.24, 2.45) is 0 Å². The van der Waals surface area contributed by atoms with Gasteiger partial charge in [-0.25, -0.2) is 0 Å². The fraction of sp³-hybridized carbons (Fsp3) is 0.0200. The SMILES string of the molecule is C1=CC(N(c2ccc(-c3ccccc3)cc2)c2ccc3c(oc4c5ccccc5c(-c5ccccc5)cc34)c2-c2ccccc2)C=c2ccccc2=1. The molecule has 0 N–H and O–H groups in total. The van der Waals surface area contributed by atoms with Gasteiger partial charge in [0.15, 0.2) is 0 Å². The summed E-state index contributed by atoms with van der Waals surface area (Å²) in [6.07, 6.45) is 4.53. The fourth-order valence-corrected chi connectivity index (χ4v) is 7.84. The van der Waals surface area contributed by atoms with Crippen molar-refractivity contribution in [3.63, 3.8) is 0 Å². The summed E-state index contributed by atoms with van der Waals surface area (Å²) < 4.78 is 7.13. The summed E-state index contributed by atoms with van der Waals surface area (Å²) in [5.74, 6) is 0. The Kier molecular flexibility index (Phi) is 7.20. The molecule has 244 valence electrons. The van der Waals surface area contributed by atoms with Crippen LogP contribution >= 0.6 is 0 Å². The molecule has 8 aromatic carbocycles. The van der Waals surface area contributed by atoms with Crippen molar-refractivity contribution in [1.29, 1.82) is 0 Å². The van der Waals surface area contributed by atoms with Gasteiger partial charge in [0.2, 0.25) is 0 Å². The van der Waals surface area contributed by atoms with E-state index in [1.54, 1.807) is 0 Å². The van der Waals surface area contributed by atoms with E-state index < -0.39 is 0 Å². The Bertz CT molecular complexity index is 2920. The number of benzene rings is 8. The first-order chi connectivity index (χ1) is 25.8. The minimum Gasteiger partial charge on any atom is -0.455 e. The molecular formula is C50H33NO. The second-order valence-corrected chi connectivity index (χ2v) is 13.4. The molecule has 0 aliphatic heterocycles. The number of hydrogen-bond donors (Lipinski definition) is 0. The van der Waals surface area contributed by atoms with Crippen LogP contribution in [0.5, 0.6) is 0 Å². The zero-order valence-electron chi connectivity index (χ0n) is 28.4. The predicted octanol–water partition coefficient (Wildman–Crippen LogP) is 11.7. The molecule has 0 spiro atoms. The van der Waals surface area contributed by atoms with Gasteiger partial charge >= 0.3 is 0 Å². The Balaban J connectivity index is 1.26. The first-order valence-corrected chi connectivity index (χ1v) is 17.8. The van der Waals surface area contributed by atoms with Crippen molar-refractivity contribution in [3.05, 3.63) is 199 Å². The van der Waals surface area contributed by atoms with E-state index in [2.05, 4.69) is 205 Å². The number of anilines is 2. The molecule has 9 aromatic rings. The number of rotatable bonds is 6. The van der Waals surface area contributed by atoms with E-state index in [0.29, 0.717) is 0 Å². The molecule has 1 aliphatic carbocycles. The minimum absolute atomic E-state index is 0.0905. The normalized spacial score (nSPS) is 13.5. The summed E-state index contributed by atoms with van der Waals surface area (Å²) >= 11 is 0. The van der Waals surface area contributed by atoms with E-state index in [0.717, 1.165) is 55.0 Å². The van der Waals surface area contributed by atoms with Crippen LogP contribution < -0.4 is 15.3 Å². The second-order valence-electron chi connectivity index (χ2n) is 13.4. The highest BCUT2D eigenvalue weighted by molar-refractivity contribution is 6.21. The summed E-state index contributed by atoms with van der Waals surface area (Å²) in [5.41, 5.74) is 14.5. The quantitative estimate of drug-likeness (QED) is 0.176. The van der Waals surface area contributed by atoms with Crippen LogP contribution in [0, 0.1) is 0 Å². The lowest BCUT2D eigenvalue weighted by Gasteiger charge is -2.32. The maximum Gasteiger partial charge on any atom is 0.145 e. The standard InChI is InChI=1S/C50H33NO/c1-4-14-34(15-5-1)36-24-27-40(28-25-36)51(41-29-26-35-16-10-11-21-39(35)32-41)47-31-30-44-46-33-45(37-17-6-2-7-18-37)42-22-12-13-23-43(42)49(46)52-50(44)48(47)38-19-8-3-9-20-38/h1-25,27-33,41H. The molecule has 2 heteroatoms. The minimum atomic E-state index is -0.0905. The van der Waals surface area contributed by atoms with Crippen molar-refractivity contribution in [3.8, 4) is 33.4 Å². The lowest BCUT2D eigenvalue weighted by Crippen LogP contribution is -2.35. The van der Waals surface area contributed by atoms with Crippen LogP contribution in [0.3, 0.4) is 0 Å². The van der Waals surface area contributed by atoms with Crippen molar-refractivity contribution in [2.45, 2.75) is 6.04 Å². The smallest absolute Gasteiger partial charge is 0.145 e. The molecule has 10 rings (SSSR count). The van der Waals surface area contributed by atoms with Crippen molar-refractivity contribution < 1.29 is 4.42 Å². The van der Waals surface area contributed by atoms with Gasteiger partial charge in [-0.05, 0) is 87.0 Å². The maximum absolute atomic E-state index is 7.13. The van der Waals surface area contributed by atoms with E-state index in [9.17, 15) is 0 Å². The first-order valence-electron chi connectivity index (χ1n) is 17.8. The molecule has 1 heterocycles. The Labute approximate surface area is 302 Å². The lowest BCUT2D eigenvalue weighted by atomic mass is 9.94. The number of furan rings is 1. The topological polar surface area (TPSA) is 16.4 Å². The van der Waals surface area contributed by atoms with Gasteiger partial charge in [0.1, 0.15) is 11.2 Å². The molecule has 52 heavy (non-hydrogen) atoms. The average Bonchev–Trinajstić information content (AvgIpc) is 3.60. The van der Waals surface area contributed by atoms with Gasteiger partial charge in [-0.1, -0.05) is 146 Å². The van der Waals surface area contributed by atoms with Gasteiger partial charge in [0.25, 0.3) is 0 Å². The first kappa shape index (κ1) is 30.0. The zero-order valence-corrected chi connectivity index (χ0v) is 28.4. The van der Waals surface area contributed by atoms with E-state index in [4.69, 9.17) is 4.42 Å². The monoisotopic (exact) mass is 663 g/mol. The molecule has 0 fully saturated rings. The van der Waals surface area contributed by atoms with Crippen LogP contribution in [0.25, 0.3) is 77.9 Å². The number of nitrogens with zero attached hydrogens (tertiary/aromatic N) is 1. The third-order valence-corrected chi connectivity index (χ3v) is 10.3. The molecular weight excluding hydrogens is 631 g/mol. The van der Waals surface area contributed by atoms with Crippen LogP contribution in [-0.4, -0.2) is 6.04 Å². The number of hydrogen-bond acceptors (Lipinski definition) is 2. The Morgan fingerprint density at radius 1 is 0.462 bits per heavy atom. The summed E-state index contributed by atoms with van der Waals surface area (Å²) in [4.78, 5) is 2.43. The van der Waals surface area contributed by atoms with Crippen LogP contribution in [0.1, 0.15) is 0 Å². The molecule has 0 amide bonds. The summed E-state index contributed by atoms with van der Waals surface area (Å²) in [6, 6.07) is 64.7. The average molecular weight is 664 g/mol. The zero-order chi connectivity index (χ0) is 34.4.